The Bertz CT molecular complexity index is 928. The van der Waals surface area contributed by atoms with Gasteiger partial charge in [0.05, 0.1) is 10.6 Å². The molecule has 0 saturated carbocycles. The maximum absolute atomic E-state index is 12.7. The third-order valence-electron chi connectivity index (χ3n) is 3.61. The van der Waals surface area contributed by atoms with Crippen molar-refractivity contribution in [3.05, 3.63) is 48.2 Å². The normalized spacial score (nSPS) is 16.9. The van der Waals surface area contributed by atoms with Crippen LogP contribution in [0, 0.1) is 0 Å². The summed E-state index contributed by atoms with van der Waals surface area (Å²) in [6.45, 7) is 1.06. The van der Waals surface area contributed by atoms with Crippen LogP contribution in [0.5, 0.6) is 0 Å². The smallest absolute Gasteiger partial charge is 0.379 e. The van der Waals surface area contributed by atoms with Crippen molar-refractivity contribution in [1.82, 2.24) is 4.98 Å². The first-order chi connectivity index (χ1) is 13.3. The molecule has 1 unspecified atom stereocenters. The van der Waals surface area contributed by atoms with Gasteiger partial charge in [-0.15, -0.1) is 11.8 Å². The van der Waals surface area contributed by atoms with E-state index in [1.807, 2.05) is 0 Å². The van der Waals surface area contributed by atoms with Crippen LogP contribution < -0.4 is 5.32 Å². The molecule has 1 aromatic heterocycles. The van der Waals surface area contributed by atoms with E-state index >= 15 is 0 Å². The van der Waals surface area contributed by atoms with Crippen LogP contribution in [0.4, 0.5) is 38.3 Å². The predicted octanol–water partition coefficient (Wildman–Crippen LogP) is 6.24. The zero-order valence-corrected chi connectivity index (χ0v) is 16.5. The van der Waals surface area contributed by atoms with E-state index in [0.29, 0.717) is 18.3 Å². The number of rotatable bonds is 6. The number of pyridine rings is 1. The van der Waals surface area contributed by atoms with Gasteiger partial charge in [-0.05, 0) is 43.3 Å². The standard InChI is InChI=1S/C16H14F8N2O2S2/c1-15(28,9-29-13-7-2-10(8-25-13)16(17,18)19)14(27)26-11-3-5-12(6-4-11)30(20,21,22,23)24/h2-8,28H,9H2,1H3,(H,26,27). The number of aromatic nitrogens is 1. The molecule has 168 valence electrons. The molecule has 2 rings (SSSR count). The molecule has 0 fully saturated rings. The van der Waals surface area contributed by atoms with Crippen molar-refractivity contribution in [2.45, 2.75) is 28.6 Å². The van der Waals surface area contributed by atoms with Crippen molar-refractivity contribution < 1.29 is 42.5 Å². The molecule has 0 aliphatic heterocycles. The second-order valence-corrected chi connectivity index (χ2v) is 9.80. The number of anilines is 1. The quantitative estimate of drug-likeness (QED) is 0.378. The van der Waals surface area contributed by atoms with Gasteiger partial charge in [0, 0.05) is 17.6 Å². The summed E-state index contributed by atoms with van der Waals surface area (Å²) >= 11 is 0.758. The molecule has 1 atom stereocenters. The lowest BCUT2D eigenvalue weighted by Gasteiger charge is -2.40. The van der Waals surface area contributed by atoms with Crippen molar-refractivity contribution in [2.24, 2.45) is 0 Å². The Kier molecular flexibility index (Phi) is 5.64. The van der Waals surface area contributed by atoms with Gasteiger partial charge in [-0.2, -0.15) is 13.2 Å². The number of carbonyl (C=O) groups is 1. The molecule has 2 aromatic rings. The fraction of sp³-hybridized carbons (Fsp3) is 0.250. The van der Waals surface area contributed by atoms with Crippen LogP contribution >= 0.6 is 22.0 Å². The molecule has 1 aromatic carbocycles. The van der Waals surface area contributed by atoms with E-state index in [9.17, 15) is 42.5 Å². The molecule has 0 spiro atoms. The Morgan fingerprint density at radius 3 is 2.07 bits per heavy atom. The predicted molar refractivity (Wildman–Crippen MR) is 97.1 cm³/mol. The largest absolute Gasteiger partial charge is 0.417 e. The Morgan fingerprint density at radius 2 is 1.63 bits per heavy atom. The van der Waals surface area contributed by atoms with Crippen LogP contribution in [-0.2, 0) is 11.0 Å². The van der Waals surface area contributed by atoms with Gasteiger partial charge in [0.15, 0.2) is 0 Å². The maximum atomic E-state index is 12.7. The van der Waals surface area contributed by atoms with Crippen LogP contribution in [0.3, 0.4) is 0 Å². The lowest BCUT2D eigenvalue weighted by molar-refractivity contribution is -0.137. The molecule has 1 heterocycles. The van der Waals surface area contributed by atoms with Crippen LogP contribution in [0.2, 0.25) is 0 Å². The number of aliphatic hydroxyl groups is 1. The van der Waals surface area contributed by atoms with Gasteiger partial charge in [0.2, 0.25) is 0 Å². The van der Waals surface area contributed by atoms with E-state index in [-0.39, 0.29) is 28.6 Å². The minimum absolute atomic E-state index is 0.0799. The second-order valence-electron chi connectivity index (χ2n) is 6.39. The van der Waals surface area contributed by atoms with Gasteiger partial charge in [-0.1, -0.05) is 19.4 Å². The number of hydrogen-bond acceptors (Lipinski definition) is 4. The molecule has 1 amide bonds. The first kappa shape index (κ1) is 24.2. The van der Waals surface area contributed by atoms with Crippen molar-refractivity contribution in [3.63, 3.8) is 0 Å². The highest BCUT2D eigenvalue weighted by atomic mass is 32.5. The summed E-state index contributed by atoms with van der Waals surface area (Å²) in [4.78, 5) is 13.6. The van der Waals surface area contributed by atoms with Crippen molar-refractivity contribution in [2.75, 3.05) is 11.1 Å². The Labute approximate surface area is 169 Å². The van der Waals surface area contributed by atoms with E-state index in [0.717, 1.165) is 30.8 Å². The van der Waals surface area contributed by atoms with E-state index < -0.39 is 38.4 Å². The molecule has 2 N–H and O–H groups in total. The van der Waals surface area contributed by atoms with Gasteiger partial charge < -0.3 is 10.4 Å². The Balaban J connectivity index is 2.02. The van der Waals surface area contributed by atoms with Crippen LogP contribution in [0.1, 0.15) is 12.5 Å². The third kappa shape index (κ3) is 6.47. The summed E-state index contributed by atoms with van der Waals surface area (Å²) in [6, 6.07) is 3.22. The summed E-state index contributed by atoms with van der Waals surface area (Å²) in [5.41, 5.74) is -3.36. The zero-order chi connectivity index (χ0) is 23.1. The average molecular weight is 482 g/mol. The maximum Gasteiger partial charge on any atom is 0.417 e. The number of carbonyl (C=O) groups excluding carboxylic acids is 1. The third-order valence-corrected chi connectivity index (χ3v) is 6.02. The Hall–Kier alpha value is -2.06. The highest BCUT2D eigenvalue weighted by molar-refractivity contribution is 8.45. The monoisotopic (exact) mass is 482 g/mol. The number of benzene rings is 1. The molecular formula is C16H14F8N2O2S2. The summed E-state index contributed by atoms with van der Waals surface area (Å²) in [6.07, 6.45) is -3.99. The van der Waals surface area contributed by atoms with Crippen molar-refractivity contribution >= 4 is 33.6 Å². The minimum Gasteiger partial charge on any atom is -0.379 e. The first-order valence-corrected chi connectivity index (χ1v) is 10.8. The molecule has 0 aliphatic carbocycles. The number of hydrogen-bond donors (Lipinski definition) is 2. The van der Waals surface area contributed by atoms with Gasteiger partial charge in [-0.25, -0.2) is 4.98 Å². The molecule has 0 saturated heterocycles. The highest BCUT2D eigenvalue weighted by Crippen LogP contribution is 3.02. The van der Waals surface area contributed by atoms with Crippen LogP contribution in [-0.4, -0.2) is 27.4 Å². The number of alkyl halides is 3. The number of amides is 1. The molecule has 14 heteroatoms. The number of thioether (sulfide) groups is 1. The van der Waals surface area contributed by atoms with Crippen molar-refractivity contribution in [1.29, 1.82) is 0 Å². The number of nitrogens with zero attached hydrogens (tertiary/aromatic N) is 1. The zero-order valence-electron chi connectivity index (χ0n) is 14.9. The van der Waals surface area contributed by atoms with Gasteiger partial charge in [0.1, 0.15) is 10.5 Å². The molecule has 0 radical (unpaired) electrons. The second kappa shape index (κ2) is 6.99. The highest BCUT2D eigenvalue weighted by Gasteiger charge is 2.65. The van der Waals surface area contributed by atoms with Gasteiger partial charge >= 0.3 is 16.4 Å². The fourth-order valence-electron chi connectivity index (χ4n) is 1.97. The van der Waals surface area contributed by atoms with E-state index in [1.54, 1.807) is 0 Å². The summed E-state index contributed by atoms with van der Waals surface area (Å²) in [5, 5.41) is 12.4. The lowest BCUT2D eigenvalue weighted by atomic mass is 10.1. The van der Waals surface area contributed by atoms with Gasteiger partial charge in [0.25, 0.3) is 5.91 Å². The fourth-order valence-corrected chi connectivity index (χ4v) is 3.48. The summed E-state index contributed by atoms with van der Waals surface area (Å²) in [5.74, 6) is -1.43. The molecule has 0 bridgehead atoms. The van der Waals surface area contributed by atoms with E-state index in [2.05, 4.69) is 10.3 Å². The SMILES string of the molecule is CC(O)(CSc1ccc(C(F)(F)F)cn1)C(=O)Nc1ccc(S(F)(F)(F)(F)F)cc1. The van der Waals surface area contributed by atoms with Gasteiger partial charge in [-0.3, -0.25) is 4.79 Å². The van der Waals surface area contributed by atoms with E-state index in [1.165, 1.54) is 0 Å². The number of nitrogens with one attached hydrogen (secondary N) is 1. The van der Waals surface area contributed by atoms with Crippen LogP contribution in [0.15, 0.2) is 52.5 Å². The molecular weight excluding hydrogens is 468 g/mol. The topological polar surface area (TPSA) is 62.2 Å². The number of halogens is 8. The summed E-state index contributed by atoms with van der Waals surface area (Å²) < 4.78 is 101. The molecule has 4 nitrogen and oxygen atoms in total. The van der Waals surface area contributed by atoms with Crippen LogP contribution in [0.25, 0.3) is 0 Å². The Morgan fingerprint density at radius 1 is 1.07 bits per heavy atom. The first-order valence-electron chi connectivity index (χ1n) is 7.82. The average Bonchev–Trinajstić information content (AvgIpc) is 2.58. The molecule has 30 heavy (non-hydrogen) atoms. The van der Waals surface area contributed by atoms with Crippen molar-refractivity contribution in [3.8, 4) is 0 Å². The lowest BCUT2D eigenvalue weighted by Crippen LogP contribution is -2.42. The molecule has 0 aliphatic rings. The minimum atomic E-state index is -9.85. The van der Waals surface area contributed by atoms with E-state index in [4.69, 9.17) is 0 Å². The summed E-state index contributed by atoms with van der Waals surface area (Å²) in [7, 11) is -9.85.